The van der Waals surface area contributed by atoms with Gasteiger partial charge < -0.3 is 16.4 Å². The Bertz CT molecular complexity index is 458. The van der Waals surface area contributed by atoms with Crippen molar-refractivity contribution in [2.24, 2.45) is 0 Å². The highest BCUT2D eigenvalue weighted by Gasteiger charge is 2.46. The summed E-state index contributed by atoms with van der Waals surface area (Å²) in [5, 5.41) is 5.98. The molecule has 4 N–H and O–H groups in total. The molecule has 2 amide bonds. The van der Waals surface area contributed by atoms with Gasteiger partial charge in [-0.15, -0.1) is 0 Å². The zero-order chi connectivity index (χ0) is 13.4. The van der Waals surface area contributed by atoms with Gasteiger partial charge in [0, 0.05) is 11.2 Å². The van der Waals surface area contributed by atoms with Crippen molar-refractivity contribution in [3.8, 4) is 0 Å². The molecule has 1 aliphatic carbocycles. The molecule has 4 nitrogen and oxygen atoms in total. The molecule has 0 bridgehead atoms. The number of nitrogens with one attached hydrogen (secondary N) is 2. The van der Waals surface area contributed by atoms with Crippen LogP contribution in [-0.4, -0.2) is 11.6 Å². The molecule has 0 atom stereocenters. The molecule has 1 aromatic rings. The Morgan fingerprint density at radius 2 is 2.00 bits per heavy atom. The molecule has 2 rings (SSSR count). The number of nitrogen functional groups attached to an aromatic ring is 1. The Hall–Kier alpha value is -1.71. The van der Waals surface area contributed by atoms with Crippen molar-refractivity contribution in [2.75, 3.05) is 5.73 Å². The van der Waals surface area contributed by atoms with Crippen molar-refractivity contribution in [3.05, 3.63) is 29.8 Å². The first-order valence-corrected chi connectivity index (χ1v) is 6.27. The fraction of sp³-hybridized carbons (Fsp3) is 0.500. The van der Waals surface area contributed by atoms with Gasteiger partial charge >= 0.3 is 6.03 Å². The number of urea groups is 1. The average molecular weight is 247 g/mol. The average Bonchev–Trinajstić information content (AvgIpc) is 2.95. The molecule has 1 saturated carbocycles. The normalized spacial score (nSPS) is 17.1. The van der Waals surface area contributed by atoms with Crippen LogP contribution in [0, 0.1) is 0 Å². The van der Waals surface area contributed by atoms with Crippen molar-refractivity contribution >= 4 is 11.7 Å². The molecule has 98 valence electrons. The molecule has 0 unspecified atom stereocenters. The Labute approximate surface area is 108 Å². The minimum Gasteiger partial charge on any atom is -0.399 e. The molecule has 0 aromatic heterocycles. The summed E-state index contributed by atoms with van der Waals surface area (Å²) in [4.78, 5) is 11.9. The summed E-state index contributed by atoms with van der Waals surface area (Å²) in [7, 11) is 0. The third kappa shape index (κ3) is 2.94. The topological polar surface area (TPSA) is 67.2 Å². The van der Waals surface area contributed by atoms with Crippen LogP contribution in [0.2, 0.25) is 0 Å². The van der Waals surface area contributed by atoms with E-state index >= 15 is 0 Å². The van der Waals surface area contributed by atoms with E-state index in [-0.39, 0.29) is 17.1 Å². The number of anilines is 1. The quantitative estimate of drug-likeness (QED) is 0.702. The van der Waals surface area contributed by atoms with Crippen LogP contribution in [0.1, 0.15) is 39.2 Å². The maximum Gasteiger partial charge on any atom is 0.315 e. The number of hydrogen-bond acceptors (Lipinski definition) is 2. The van der Waals surface area contributed by atoms with Gasteiger partial charge in [-0.3, -0.25) is 0 Å². The number of amides is 2. The Balaban J connectivity index is 2.07. The summed E-state index contributed by atoms with van der Waals surface area (Å²) in [6.45, 7) is 5.89. The van der Waals surface area contributed by atoms with Crippen LogP contribution in [-0.2, 0) is 5.54 Å². The third-order valence-corrected chi connectivity index (χ3v) is 3.03. The van der Waals surface area contributed by atoms with E-state index < -0.39 is 0 Å². The number of benzene rings is 1. The van der Waals surface area contributed by atoms with E-state index in [0.29, 0.717) is 0 Å². The number of carbonyl (C=O) groups is 1. The Morgan fingerprint density at radius 3 is 2.50 bits per heavy atom. The van der Waals surface area contributed by atoms with Gasteiger partial charge in [-0.2, -0.15) is 0 Å². The van der Waals surface area contributed by atoms with E-state index in [1.165, 1.54) is 0 Å². The summed E-state index contributed by atoms with van der Waals surface area (Å²) in [6, 6.07) is 7.61. The zero-order valence-electron chi connectivity index (χ0n) is 11.2. The molecule has 1 aromatic carbocycles. The van der Waals surface area contributed by atoms with Crippen molar-refractivity contribution < 1.29 is 4.79 Å². The van der Waals surface area contributed by atoms with Crippen LogP contribution in [0.5, 0.6) is 0 Å². The second kappa shape index (κ2) is 4.19. The van der Waals surface area contributed by atoms with E-state index in [0.717, 1.165) is 24.1 Å². The Kier molecular flexibility index (Phi) is 2.97. The SMILES string of the molecule is CC(C)(C)NC(=O)NC1(c2cccc(N)c2)CC1. The number of carbonyl (C=O) groups excluding carboxylic acids is 1. The van der Waals surface area contributed by atoms with Crippen molar-refractivity contribution in [3.63, 3.8) is 0 Å². The molecule has 18 heavy (non-hydrogen) atoms. The van der Waals surface area contributed by atoms with Crippen LogP contribution in [0.3, 0.4) is 0 Å². The summed E-state index contributed by atoms with van der Waals surface area (Å²) >= 11 is 0. The summed E-state index contributed by atoms with van der Waals surface area (Å²) in [6.07, 6.45) is 1.93. The summed E-state index contributed by atoms with van der Waals surface area (Å²) in [5.74, 6) is 0. The van der Waals surface area contributed by atoms with Crippen molar-refractivity contribution in [1.82, 2.24) is 10.6 Å². The second-order valence-corrected chi connectivity index (χ2v) is 6.04. The molecular formula is C14H21N3O. The molecule has 4 heteroatoms. The number of hydrogen-bond donors (Lipinski definition) is 3. The highest BCUT2D eigenvalue weighted by molar-refractivity contribution is 5.76. The lowest BCUT2D eigenvalue weighted by molar-refractivity contribution is 0.227. The predicted molar refractivity (Wildman–Crippen MR) is 73.2 cm³/mol. The van der Waals surface area contributed by atoms with Gasteiger partial charge in [-0.25, -0.2) is 4.79 Å². The largest absolute Gasteiger partial charge is 0.399 e. The van der Waals surface area contributed by atoms with Gasteiger partial charge in [0.1, 0.15) is 0 Å². The molecule has 1 fully saturated rings. The molecule has 1 aliphatic rings. The molecule has 0 heterocycles. The van der Waals surface area contributed by atoms with E-state index in [9.17, 15) is 4.79 Å². The number of nitrogens with two attached hydrogens (primary N) is 1. The lowest BCUT2D eigenvalue weighted by Gasteiger charge is -2.24. The van der Waals surface area contributed by atoms with Crippen LogP contribution in [0.15, 0.2) is 24.3 Å². The van der Waals surface area contributed by atoms with E-state index in [1.54, 1.807) is 0 Å². The predicted octanol–water partition coefficient (Wildman–Crippen LogP) is 2.36. The minimum absolute atomic E-state index is 0.123. The standard InChI is InChI=1S/C14H21N3O/c1-13(2,3)16-12(18)17-14(7-8-14)10-5-4-6-11(15)9-10/h4-6,9H,7-8,15H2,1-3H3,(H2,16,17,18). The van der Waals surface area contributed by atoms with Gasteiger partial charge in [-0.05, 0) is 51.3 Å². The van der Waals surface area contributed by atoms with Crippen LogP contribution >= 0.6 is 0 Å². The smallest absolute Gasteiger partial charge is 0.315 e. The molecule has 0 radical (unpaired) electrons. The van der Waals surface area contributed by atoms with E-state index in [1.807, 2.05) is 45.0 Å². The first-order valence-electron chi connectivity index (χ1n) is 6.27. The monoisotopic (exact) mass is 247 g/mol. The van der Waals surface area contributed by atoms with Gasteiger partial charge in [0.15, 0.2) is 0 Å². The maximum absolute atomic E-state index is 11.9. The van der Waals surface area contributed by atoms with E-state index in [2.05, 4.69) is 10.6 Å². The maximum atomic E-state index is 11.9. The van der Waals surface area contributed by atoms with Crippen LogP contribution in [0.25, 0.3) is 0 Å². The number of rotatable bonds is 2. The van der Waals surface area contributed by atoms with Crippen molar-refractivity contribution in [2.45, 2.75) is 44.7 Å². The summed E-state index contributed by atoms with van der Waals surface area (Å²) < 4.78 is 0. The van der Waals surface area contributed by atoms with Crippen LogP contribution in [0.4, 0.5) is 10.5 Å². The molecule has 0 aliphatic heterocycles. The first kappa shape index (κ1) is 12.7. The van der Waals surface area contributed by atoms with Crippen molar-refractivity contribution in [1.29, 1.82) is 0 Å². The van der Waals surface area contributed by atoms with Gasteiger partial charge in [-0.1, -0.05) is 12.1 Å². The minimum atomic E-state index is -0.226. The fourth-order valence-electron chi connectivity index (χ4n) is 2.04. The highest BCUT2D eigenvalue weighted by Crippen LogP contribution is 2.45. The third-order valence-electron chi connectivity index (χ3n) is 3.03. The lowest BCUT2D eigenvalue weighted by atomic mass is 10.0. The highest BCUT2D eigenvalue weighted by atomic mass is 16.2. The van der Waals surface area contributed by atoms with Crippen LogP contribution < -0.4 is 16.4 Å². The Morgan fingerprint density at radius 1 is 1.33 bits per heavy atom. The van der Waals surface area contributed by atoms with Gasteiger partial charge in [0.05, 0.1) is 5.54 Å². The summed E-state index contributed by atoms with van der Waals surface area (Å²) in [5.41, 5.74) is 7.17. The lowest BCUT2D eigenvalue weighted by Crippen LogP contribution is -2.49. The molecular weight excluding hydrogens is 226 g/mol. The molecule has 0 saturated heterocycles. The van der Waals surface area contributed by atoms with Gasteiger partial charge in [0.25, 0.3) is 0 Å². The molecule has 0 spiro atoms. The first-order chi connectivity index (χ1) is 8.31. The second-order valence-electron chi connectivity index (χ2n) is 6.04. The van der Waals surface area contributed by atoms with Gasteiger partial charge in [0.2, 0.25) is 0 Å². The zero-order valence-corrected chi connectivity index (χ0v) is 11.2. The van der Waals surface area contributed by atoms with E-state index in [4.69, 9.17) is 5.73 Å². The fourth-order valence-corrected chi connectivity index (χ4v) is 2.04.